The Balaban J connectivity index is 2.85. The van der Waals surface area contributed by atoms with E-state index in [1.54, 1.807) is 11.8 Å². The summed E-state index contributed by atoms with van der Waals surface area (Å²) >= 11 is 1.74. The van der Waals surface area contributed by atoms with E-state index in [1.807, 2.05) is 12.3 Å². The number of anilines is 1. The van der Waals surface area contributed by atoms with Crippen LogP contribution >= 0.6 is 11.8 Å². The van der Waals surface area contributed by atoms with Gasteiger partial charge >= 0.3 is 0 Å². The maximum absolute atomic E-state index is 10.9. The lowest BCUT2D eigenvalue weighted by Crippen LogP contribution is -2.14. The lowest BCUT2D eigenvalue weighted by Gasteiger charge is -2.12. The number of nitro benzene ring substituents is 1. The number of benzene rings is 1. The van der Waals surface area contributed by atoms with E-state index in [1.165, 1.54) is 18.2 Å². The summed E-state index contributed by atoms with van der Waals surface area (Å²) in [5.74, 6) is 1.39. The molecule has 96 valence electrons. The largest absolute Gasteiger partial charge is 0.379 e. The number of rotatable bonds is 6. The van der Waals surface area contributed by atoms with Gasteiger partial charge in [0, 0.05) is 12.6 Å². The molecule has 0 heterocycles. The molecule has 0 saturated carbocycles. The summed E-state index contributed by atoms with van der Waals surface area (Å²) in [5, 5.41) is 22.7. The van der Waals surface area contributed by atoms with E-state index in [2.05, 4.69) is 12.2 Å². The first-order chi connectivity index (χ1) is 8.58. The van der Waals surface area contributed by atoms with Gasteiger partial charge in [-0.15, -0.1) is 0 Å². The number of hydrogen-bond donors (Lipinski definition) is 1. The van der Waals surface area contributed by atoms with Gasteiger partial charge in [0.2, 0.25) is 0 Å². The van der Waals surface area contributed by atoms with Gasteiger partial charge in [0.1, 0.15) is 5.69 Å². The Morgan fingerprint density at radius 2 is 2.33 bits per heavy atom. The van der Waals surface area contributed by atoms with Gasteiger partial charge in [0.05, 0.1) is 16.6 Å². The highest BCUT2D eigenvalue weighted by atomic mass is 32.2. The third-order valence-corrected chi connectivity index (χ3v) is 3.32. The second-order valence-electron chi connectivity index (χ2n) is 4.04. The summed E-state index contributed by atoms with van der Waals surface area (Å²) in [6.45, 7) is 2.72. The molecule has 0 aliphatic heterocycles. The molecule has 0 fully saturated rings. The summed E-state index contributed by atoms with van der Waals surface area (Å²) in [7, 11) is 0. The summed E-state index contributed by atoms with van der Waals surface area (Å²) in [4.78, 5) is 10.4. The summed E-state index contributed by atoms with van der Waals surface area (Å²) < 4.78 is 0. The highest BCUT2D eigenvalue weighted by molar-refractivity contribution is 7.98. The van der Waals surface area contributed by atoms with Gasteiger partial charge in [-0.05, 0) is 30.1 Å². The summed E-state index contributed by atoms with van der Waals surface area (Å²) in [6, 6.07) is 6.31. The molecule has 5 nitrogen and oxygen atoms in total. The third kappa shape index (κ3) is 3.93. The fraction of sp³-hybridized carbons (Fsp3) is 0.417. The zero-order valence-electron chi connectivity index (χ0n) is 10.3. The fourth-order valence-electron chi connectivity index (χ4n) is 1.53. The maximum atomic E-state index is 10.9. The predicted octanol–water partition coefficient (Wildman–Crippen LogP) is 2.88. The minimum Gasteiger partial charge on any atom is -0.379 e. The molecule has 0 radical (unpaired) electrons. The average Bonchev–Trinajstić information content (AvgIpc) is 2.36. The average molecular weight is 265 g/mol. The SMILES string of the molecule is CSCC(C)CNc1cc(C#N)ccc1[N+](=O)[O-]. The molecule has 6 heteroatoms. The molecule has 18 heavy (non-hydrogen) atoms. The Morgan fingerprint density at radius 3 is 2.89 bits per heavy atom. The number of hydrogen-bond acceptors (Lipinski definition) is 5. The smallest absolute Gasteiger partial charge is 0.292 e. The van der Waals surface area contributed by atoms with Gasteiger partial charge in [-0.25, -0.2) is 0 Å². The Bertz CT molecular complexity index is 471. The van der Waals surface area contributed by atoms with E-state index in [0.29, 0.717) is 23.7 Å². The molecule has 1 rings (SSSR count). The number of nitrogens with one attached hydrogen (secondary N) is 1. The predicted molar refractivity (Wildman–Crippen MR) is 73.8 cm³/mol. The van der Waals surface area contributed by atoms with Gasteiger partial charge in [0.25, 0.3) is 5.69 Å². The van der Waals surface area contributed by atoms with Crippen molar-refractivity contribution in [2.24, 2.45) is 5.92 Å². The Labute approximate surface area is 110 Å². The van der Waals surface area contributed by atoms with Gasteiger partial charge in [-0.2, -0.15) is 17.0 Å². The van der Waals surface area contributed by atoms with Crippen LogP contribution in [0.3, 0.4) is 0 Å². The van der Waals surface area contributed by atoms with Crippen LogP contribution < -0.4 is 5.32 Å². The normalized spacial score (nSPS) is 11.6. The van der Waals surface area contributed by atoms with Crippen molar-refractivity contribution in [1.29, 1.82) is 5.26 Å². The molecule has 1 N–H and O–H groups in total. The molecule has 0 bridgehead atoms. The van der Waals surface area contributed by atoms with Crippen molar-refractivity contribution in [2.45, 2.75) is 6.92 Å². The van der Waals surface area contributed by atoms with Crippen molar-refractivity contribution in [3.63, 3.8) is 0 Å². The highest BCUT2D eigenvalue weighted by Crippen LogP contribution is 2.25. The number of nitro groups is 1. The maximum Gasteiger partial charge on any atom is 0.292 e. The van der Waals surface area contributed by atoms with Crippen LogP contribution in [0.5, 0.6) is 0 Å². The molecule has 0 saturated heterocycles. The van der Waals surface area contributed by atoms with Gasteiger partial charge in [-0.1, -0.05) is 6.92 Å². The quantitative estimate of drug-likeness (QED) is 0.632. The molecule has 1 aromatic rings. The van der Waals surface area contributed by atoms with E-state index in [0.717, 1.165) is 5.75 Å². The zero-order chi connectivity index (χ0) is 13.5. The summed E-state index contributed by atoms with van der Waals surface area (Å²) in [5.41, 5.74) is 0.831. The minimum atomic E-state index is -0.442. The van der Waals surface area contributed by atoms with Gasteiger partial charge < -0.3 is 5.32 Å². The number of nitriles is 1. The molecular formula is C12H15N3O2S. The van der Waals surface area contributed by atoms with Crippen molar-refractivity contribution in [2.75, 3.05) is 23.9 Å². The number of nitrogens with zero attached hydrogens (tertiary/aromatic N) is 2. The summed E-state index contributed by atoms with van der Waals surface area (Å²) in [6.07, 6.45) is 2.02. The van der Waals surface area contributed by atoms with E-state index in [-0.39, 0.29) is 5.69 Å². The van der Waals surface area contributed by atoms with Crippen molar-refractivity contribution in [1.82, 2.24) is 0 Å². The fourth-order valence-corrected chi connectivity index (χ4v) is 2.22. The van der Waals surface area contributed by atoms with Crippen molar-refractivity contribution in [3.05, 3.63) is 33.9 Å². The van der Waals surface area contributed by atoms with Gasteiger partial charge in [-0.3, -0.25) is 10.1 Å². The standard InChI is InChI=1S/C12H15N3O2S/c1-9(8-18-2)7-14-11-5-10(6-13)3-4-12(11)15(16)17/h3-5,9,14H,7-8H2,1-2H3. The number of thioether (sulfide) groups is 1. The van der Waals surface area contributed by atoms with Crippen LogP contribution in [0.4, 0.5) is 11.4 Å². The first-order valence-corrected chi connectivity index (χ1v) is 6.89. The van der Waals surface area contributed by atoms with E-state index >= 15 is 0 Å². The lowest BCUT2D eigenvalue weighted by molar-refractivity contribution is -0.384. The topological polar surface area (TPSA) is 79.0 Å². The molecule has 1 unspecified atom stereocenters. The van der Waals surface area contributed by atoms with Crippen molar-refractivity contribution < 1.29 is 4.92 Å². The van der Waals surface area contributed by atoms with Crippen LogP contribution in [0, 0.1) is 27.4 Å². The van der Waals surface area contributed by atoms with Crippen LogP contribution in [-0.4, -0.2) is 23.5 Å². The van der Waals surface area contributed by atoms with E-state index < -0.39 is 4.92 Å². The molecule has 0 amide bonds. The van der Waals surface area contributed by atoms with Crippen molar-refractivity contribution in [3.8, 4) is 6.07 Å². The second kappa shape index (κ2) is 6.87. The molecule has 0 aliphatic rings. The molecule has 1 atom stereocenters. The molecule has 0 spiro atoms. The third-order valence-electron chi connectivity index (χ3n) is 2.41. The van der Waals surface area contributed by atoms with Crippen molar-refractivity contribution >= 4 is 23.1 Å². The van der Waals surface area contributed by atoms with Gasteiger partial charge in [0.15, 0.2) is 0 Å². The van der Waals surface area contributed by atoms with Crippen LogP contribution in [0.2, 0.25) is 0 Å². The van der Waals surface area contributed by atoms with Crippen LogP contribution in [0.1, 0.15) is 12.5 Å². The van der Waals surface area contributed by atoms with E-state index in [4.69, 9.17) is 5.26 Å². The monoisotopic (exact) mass is 265 g/mol. The highest BCUT2D eigenvalue weighted by Gasteiger charge is 2.14. The first kappa shape index (κ1) is 14.3. The second-order valence-corrected chi connectivity index (χ2v) is 4.95. The Hall–Kier alpha value is -1.74. The minimum absolute atomic E-state index is 0.00496. The van der Waals surface area contributed by atoms with Crippen LogP contribution in [-0.2, 0) is 0 Å². The zero-order valence-corrected chi connectivity index (χ0v) is 11.2. The molecule has 0 aromatic heterocycles. The molecule has 1 aromatic carbocycles. The Morgan fingerprint density at radius 1 is 1.61 bits per heavy atom. The molecular weight excluding hydrogens is 250 g/mol. The Kier molecular flexibility index (Phi) is 5.46. The van der Waals surface area contributed by atoms with Crippen LogP contribution in [0.15, 0.2) is 18.2 Å². The lowest BCUT2D eigenvalue weighted by atomic mass is 10.1. The van der Waals surface area contributed by atoms with E-state index in [9.17, 15) is 10.1 Å². The van der Waals surface area contributed by atoms with Crippen LogP contribution in [0.25, 0.3) is 0 Å². The first-order valence-electron chi connectivity index (χ1n) is 5.49. The molecule has 0 aliphatic carbocycles.